The predicted molar refractivity (Wildman–Crippen MR) is 122 cm³/mol. The van der Waals surface area contributed by atoms with Gasteiger partial charge in [0, 0.05) is 11.1 Å². The van der Waals surface area contributed by atoms with Gasteiger partial charge in [0.15, 0.2) is 0 Å². The first-order valence-corrected chi connectivity index (χ1v) is 9.99. The lowest BCUT2D eigenvalue weighted by Gasteiger charge is -2.18. The normalized spacial score (nSPS) is 9.94. The van der Waals surface area contributed by atoms with Crippen molar-refractivity contribution in [2.45, 2.75) is 0 Å². The van der Waals surface area contributed by atoms with Gasteiger partial charge in [-0.3, -0.25) is 0 Å². The van der Waals surface area contributed by atoms with Gasteiger partial charge in [0.1, 0.15) is 17.7 Å². The number of benzene rings is 4. The lowest BCUT2D eigenvalue weighted by Crippen LogP contribution is -2.03. The zero-order chi connectivity index (χ0) is 24.2. The molecule has 4 aromatic carbocycles. The molecular weight excluding hydrogens is 430 g/mol. The third-order valence-corrected chi connectivity index (χ3v) is 5.40. The van der Waals surface area contributed by atoms with Gasteiger partial charge < -0.3 is 0 Å². The van der Waals surface area contributed by atoms with E-state index in [9.17, 15) is 5.26 Å². The van der Waals surface area contributed by atoms with E-state index in [-0.39, 0.29) is 27.8 Å². The minimum Gasteiger partial charge on any atom is -0.205 e. The van der Waals surface area contributed by atoms with Crippen molar-refractivity contribution in [3.8, 4) is 57.7 Å². The fraction of sp³-hybridized carbons (Fsp3) is 0. The van der Waals surface area contributed by atoms with Crippen molar-refractivity contribution in [2.75, 3.05) is 0 Å². The van der Waals surface area contributed by atoms with Crippen LogP contribution in [0.25, 0.3) is 33.4 Å². The summed E-state index contributed by atoms with van der Waals surface area (Å²) in [7, 11) is 0. The molecule has 0 heterocycles. The maximum absolute atomic E-state index is 16.0. The van der Waals surface area contributed by atoms with Crippen molar-refractivity contribution < 1.29 is 8.78 Å². The van der Waals surface area contributed by atoms with Crippen molar-refractivity contribution in [1.29, 1.82) is 21.0 Å². The summed E-state index contributed by atoms with van der Waals surface area (Å²) in [6, 6.07) is 25.6. The van der Waals surface area contributed by atoms with Crippen LogP contribution < -0.4 is 0 Å². The zero-order valence-electron chi connectivity index (χ0n) is 17.5. The SMILES string of the molecule is N#Cc1ccc(-c2c(F)c(-c3ccc(C#N)cc3)c(C#N)c(-c3ccc(C#N)cc3)c2F)cc1. The molecule has 158 valence electrons. The van der Waals surface area contributed by atoms with E-state index in [0.29, 0.717) is 27.8 Å². The fourth-order valence-corrected chi connectivity index (χ4v) is 3.73. The Labute approximate surface area is 194 Å². The number of halogens is 2. The van der Waals surface area contributed by atoms with Crippen LogP contribution in [0.15, 0.2) is 72.8 Å². The van der Waals surface area contributed by atoms with Crippen LogP contribution in [0.5, 0.6) is 0 Å². The third-order valence-electron chi connectivity index (χ3n) is 5.40. The minimum atomic E-state index is -0.930. The standard InChI is InChI=1S/C28H12F2N4/c29-27-24(20-7-1-17(13-31)2-8-20)23(16-34)25(21-9-3-18(14-32)4-10-21)28(30)26(27)22-11-5-19(15-33)6-12-22/h1-12H. The molecular formula is C28H12F2N4. The molecule has 0 aromatic heterocycles. The summed E-state index contributed by atoms with van der Waals surface area (Å²) in [5.41, 5.74) is 1.08. The number of hydrogen-bond acceptors (Lipinski definition) is 4. The maximum atomic E-state index is 16.0. The molecule has 0 unspecified atom stereocenters. The Bertz CT molecular complexity index is 1490. The molecule has 0 N–H and O–H groups in total. The molecule has 4 aromatic rings. The Balaban J connectivity index is 2.11. The van der Waals surface area contributed by atoms with E-state index in [0.717, 1.165) is 0 Å². The molecule has 0 aliphatic rings. The van der Waals surface area contributed by atoms with E-state index in [1.54, 1.807) is 0 Å². The highest BCUT2D eigenvalue weighted by molar-refractivity contribution is 5.89. The lowest BCUT2D eigenvalue weighted by molar-refractivity contribution is 0.593. The second-order valence-corrected chi connectivity index (χ2v) is 7.31. The van der Waals surface area contributed by atoms with Crippen LogP contribution >= 0.6 is 0 Å². The van der Waals surface area contributed by atoms with Crippen LogP contribution in [0.3, 0.4) is 0 Å². The van der Waals surface area contributed by atoms with Crippen molar-refractivity contribution in [3.63, 3.8) is 0 Å². The molecule has 0 saturated carbocycles. The molecule has 6 heteroatoms. The van der Waals surface area contributed by atoms with Gasteiger partial charge in [0.25, 0.3) is 0 Å². The Hall–Kier alpha value is -5.30. The van der Waals surface area contributed by atoms with E-state index in [1.807, 2.05) is 24.3 Å². The summed E-state index contributed by atoms with van der Waals surface area (Å²) in [6.45, 7) is 0. The fourth-order valence-electron chi connectivity index (χ4n) is 3.73. The molecule has 0 saturated heterocycles. The Morgan fingerprint density at radius 2 is 0.706 bits per heavy atom. The van der Waals surface area contributed by atoms with Crippen LogP contribution in [-0.2, 0) is 0 Å². The highest BCUT2D eigenvalue weighted by Gasteiger charge is 2.27. The summed E-state index contributed by atoms with van der Waals surface area (Å²) in [6.07, 6.45) is 0. The van der Waals surface area contributed by atoms with Crippen LogP contribution in [0.2, 0.25) is 0 Å². The first-order valence-electron chi connectivity index (χ1n) is 9.99. The first kappa shape index (κ1) is 21.9. The Morgan fingerprint density at radius 1 is 0.412 bits per heavy atom. The Kier molecular flexibility index (Phi) is 5.84. The van der Waals surface area contributed by atoms with Crippen molar-refractivity contribution in [2.24, 2.45) is 0 Å². The first-order chi connectivity index (χ1) is 16.5. The molecule has 34 heavy (non-hydrogen) atoms. The summed E-state index contributed by atoms with van der Waals surface area (Å²) in [5, 5.41) is 37.2. The van der Waals surface area contributed by atoms with E-state index in [1.165, 1.54) is 72.8 Å². The molecule has 0 spiro atoms. The van der Waals surface area contributed by atoms with Gasteiger partial charge in [0.05, 0.1) is 46.0 Å². The molecule has 0 aliphatic heterocycles. The van der Waals surface area contributed by atoms with E-state index in [2.05, 4.69) is 0 Å². The van der Waals surface area contributed by atoms with Crippen molar-refractivity contribution in [1.82, 2.24) is 0 Å². The minimum absolute atomic E-state index is 0.105. The largest absolute Gasteiger partial charge is 0.205 e. The second-order valence-electron chi connectivity index (χ2n) is 7.31. The third kappa shape index (κ3) is 3.74. The summed E-state index contributed by atoms with van der Waals surface area (Å²) in [5.74, 6) is -1.86. The maximum Gasteiger partial charge on any atom is 0.143 e. The molecule has 4 rings (SSSR count). The van der Waals surface area contributed by atoms with Gasteiger partial charge in [-0.25, -0.2) is 8.78 Å². The average Bonchev–Trinajstić information content (AvgIpc) is 2.89. The summed E-state index contributed by atoms with van der Waals surface area (Å²) < 4.78 is 31.9. The lowest BCUT2D eigenvalue weighted by atomic mass is 9.86. The van der Waals surface area contributed by atoms with Gasteiger partial charge in [-0.05, 0) is 53.1 Å². The summed E-state index contributed by atoms with van der Waals surface area (Å²) in [4.78, 5) is 0. The highest BCUT2D eigenvalue weighted by atomic mass is 19.1. The molecule has 0 radical (unpaired) electrons. The van der Waals surface area contributed by atoms with Crippen LogP contribution in [0, 0.1) is 57.0 Å². The average molecular weight is 442 g/mol. The van der Waals surface area contributed by atoms with Gasteiger partial charge >= 0.3 is 0 Å². The van der Waals surface area contributed by atoms with E-state index >= 15 is 8.78 Å². The molecule has 0 fully saturated rings. The van der Waals surface area contributed by atoms with Gasteiger partial charge in [-0.1, -0.05) is 36.4 Å². The monoisotopic (exact) mass is 442 g/mol. The van der Waals surface area contributed by atoms with Crippen molar-refractivity contribution in [3.05, 3.63) is 107 Å². The second kappa shape index (κ2) is 9.05. The zero-order valence-corrected chi connectivity index (χ0v) is 17.5. The Morgan fingerprint density at radius 3 is 0.971 bits per heavy atom. The quantitative estimate of drug-likeness (QED) is 0.364. The molecule has 0 amide bonds. The number of hydrogen-bond donors (Lipinski definition) is 0. The number of nitrogens with zero attached hydrogens (tertiary/aromatic N) is 4. The van der Waals surface area contributed by atoms with Crippen molar-refractivity contribution >= 4 is 0 Å². The van der Waals surface area contributed by atoms with Gasteiger partial charge in [-0.2, -0.15) is 21.0 Å². The predicted octanol–water partition coefficient (Wildman–Crippen LogP) is 6.45. The topological polar surface area (TPSA) is 95.2 Å². The summed E-state index contributed by atoms with van der Waals surface area (Å²) >= 11 is 0. The molecule has 0 aliphatic carbocycles. The van der Waals surface area contributed by atoms with Crippen LogP contribution in [-0.4, -0.2) is 0 Å². The number of rotatable bonds is 3. The van der Waals surface area contributed by atoms with Crippen LogP contribution in [0.4, 0.5) is 8.78 Å². The smallest absolute Gasteiger partial charge is 0.143 e. The molecule has 0 bridgehead atoms. The van der Waals surface area contributed by atoms with Gasteiger partial charge in [0.2, 0.25) is 0 Å². The van der Waals surface area contributed by atoms with E-state index < -0.39 is 11.6 Å². The molecule has 4 nitrogen and oxygen atoms in total. The van der Waals surface area contributed by atoms with E-state index in [4.69, 9.17) is 15.8 Å². The number of nitriles is 4. The van der Waals surface area contributed by atoms with Crippen LogP contribution in [0.1, 0.15) is 22.3 Å². The highest BCUT2D eigenvalue weighted by Crippen LogP contribution is 2.42. The van der Waals surface area contributed by atoms with Gasteiger partial charge in [-0.15, -0.1) is 0 Å². The molecule has 0 atom stereocenters.